The molecule has 0 aliphatic heterocycles. The van der Waals surface area contributed by atoms with Crippen LogP contribution in [-0.4, -0.2) is 16.6 Å². The van der Waals surface area contributed by atoms with E-state index in [1.807, 2.05) is 0 Å². The monoisotopic (exact) mass is 178 g/mol. The van der Waals surface area contributed by atoms with Crippen molar-refractivity contribution in [2.75, 3.05) is 0 Å². The molecule has 0 saturated heterocycles. The highest BCUT2D eigenvalue weighted by molar-refractivity contribution is 4.91. The van der Waals surface area contributed by atoms with Gasteiger partial charge in [0, 0.05) is 12.8 Å². The van der Waals surface area contributed by atoms with E-state index in [4.69, 9.17) is 0 Å². The Morgan fingerprint density at radius 3 is 2.42 bits per heavy atom. The van der Waals surface area contributed by atoms with Crippen molar-refractivity contribution in [3.63, 3.8) is 0 Å². The summed E-state index contributed by atoms with van der Waals surface area (Å²) in [5, 5.41) is 9.71. The molecule has 72 valence electrons. The zero-order valence-corrected chi connectivity index (χ0v) is 7.61. The zero-order valence-electron chi connectivity index (χ0n) is 7.61. The lowest BCUT2D eigenvalue weighted by molar-refractivity contribution is -0.140. The van der Waals surface area contributed by atoms with Crippen molar-refractivity contribution < 1.29 is 13.9 Å². The summed E-state index contributed by atoms with van der Waals surface area (Å²) in [5.41, 5.74) is -1.12. The molecule has 0 heterocycles. The molecule has 0 spiro atoms. The molecule has 1 saturated carbocycles. The van der Waals surface area contributed by atoms with E-state index in [0.29, 0.717) is 12.8 Å². The molecule has 1 nitrogen and oxygen atoms in total. The van der Waals surface area contributed by atoms with Crippen LogP contribution in [0.5, 0.6) is 0 Å². The Hall–Kier alpha value is -0.180. The van der Waals surface area contributed by atoms with Gasteiger partial charge in [-0.05, 0) is 18.8 Å². The summed E-state index contributed by atoms with van der Waals surface area (Å²) in [6.45, 7) is 3.53. The van der Waals surface area contributed by atoms with Crippen LogP contribution < -0.4 is 0 Å². The van der Waals surface area contributed by atoms with Crippen LogP contribution in [0.2, 0.25) is 0 Å². The first-order valence-corrected chi connectivity index (χ1v) is 4.47. The average molecular weight is 178 g/mol. The van der Waals surface area contributed by atoms with Crippen molar-refractivity contribution in [1.29, 1.82) is 0 Å². The van der Waals surface area contributed by atoms with Crippen molar-refractivity contribution in [1.82, 2.24) is 0 Å². The Kier molecular flexibility index (Phi) is 2.43. The van der Waals surface area contributed by atoms with Gasteiger partial charge >= 0.3 is 0 Å². The molecule has 0 aromatic rings. The molecule has 0 aromatic heterocycles. The van der Waals surface area contributed by atoms with Gasteiger partial charge in [0.2, 0.25) is 0 Å². The highest BCUT2D eigenvalue weighted by atomic mass is 19.3. The van der Waals surface area contributed by atoms with Crippen molar-refractivity contribution in [3.05, 3.63) is 0 Å². The smallest absolute Gasteiger partial charge is 0.251 e. The summed E-state index contributed by atoms with van der Waals surface area (Å²) in [5.74, 6) is -2.73. The lowest BCUT2D eigenvalue weighted by Crippen LogP contribution is -2.43. The maximum atomic E-state index is 13.0. The van der Waals surface area contributed by atoms with Gasteiger partial charge in [0.15, 0.2) is 0 Å². The van der Waals surface area contributed by atoms with Gasteiger partial charge in [-0.3, -0.25) is 0 Å². The quantitative estimate of drug-likeness (QED) is 0.654. The van der Waals surface area contributed by atoms with Crippen LogP contribution in [0.15, 0.2) is 0 Å². The molecule has 1 N–H and O–H groups in total. The number of aliphatic hydroxyl groups is 1. The zero-order chi connectivity index (χ0) is 9.41. The van der Waals surface area contributed by atoms with Crippen molar-refractivity contribution in [3.8, 4) is 0 Å². The number of hydrogen-bond acceptors (Lipinski definition) is 1. The molecule has 1 rings (SSSR count). The van der Waals surface area contributed by atoms with Gasteiger partial charge < -0.3 is 5.11 Å². The fourth-order valence-corrected chi connectivity index (χ4v) is 2.13. The predicted octanol–water partition coefficient (Wildman–Crippen LogP) is 2.58. The molecule has 0 bridgehead atoms. The third-order valence-electron chi connectivity index (χ3n) is 2.62. The Bertz CT molecular complexity index is 170. The molecule has 0 radical (unpaired) electrons. The second-order valence-electron chi connectivity index (χ2n) is 4.12. The minimum atomic E-state index is -2.66. The van der Waals surface area contributed by atoms with Crippen LogP contribution in [-0.2, 0) is 0 Å². The van der Waals surface area contributed by atoms with Crippen molar-refractivity contribution in [2.24, 2.45) is 5.92 Å². The van der Waals surface area contributed by atoms with Gasteiger partial charge in [-0.1, -0.05) is 13.8 Å². The molecular weight excluding hydrogens is 162 g/mol. The summed E-state index contributed by atoms with van der Waals surface area (Å²) in [6.07, 6.45) is 0.502. The molecule has 1 aliphatic rings. The van der Waals surface area contributed by atoms with E-state index < -0.39 is 11.5 Å². The first-order valence-electron chi connectivity index (χ1n) is 4.47. The van der Waals surface area contributed by atoms with E-state index in [9.17, 15) is 13.9 Å². The summed E-state index contributed by atoms with van der Waals surface area (Å²) in [6, 6.07) is 0. The fraction of sp³-hybridized carbons (Fsp3) is 1.00. The summed E-state index contributed by atoms with van der Waals surface area (Å²) in [7, 11) is 0. The molecule has 12 heavy (non-hydrogen) atoms. The number of alkyl halides is 2. The molecule has 0 aromatic carbocycles. The number of halogens is 2. The van der Waals surface area contributed by atoms with Gasteiger partial charge in [0.25, 0.3) is 5.92 Å². The molecule has 2 atom stereocenters. The lowest BCUT2D eigenvalue weighted by atomic mass is 9.75. The van der Waals surface area contributed by atoms with Gasteiger partial charge in [-0.2, -0.15) is 0 Å². The average Bonchev–Trinajstić information content (AvgIpc) is 1.82. The highest BCUT2D eigenvalue weighted by Crippen LogP contribution is 2.43. The molecule has 0 amide bonds. The molecule has 0 unspecified atom stereocenters. The van der Waals surface area contributed by atoms with Crippen LogP contribution in [0.25, 0.3) is 0 Å². The predicted molar refractivity (Wildman–Crippen MR) is 43.2 cm³/mol. The van der Waals surface area contributed by atoms with Gasteiger partial charge in [0.05, 0.1) is 5.60 Å². The first kappa shape index (κ1) is 9.90. The largest absolute Gasteiger partial charge is 0.390 e. The fourth-order valence-electron chi connectivity index (χ4n) is 2.13. The number of hydrogen-bond donors (Lipinski definition) is 1. The van der Waals surface area contributed by atoms with E-state index in [1.165, 1.54) is 0 Å². The SMILES string of the molecule is CC[C@]1(O)C[C@H](C)CC(F)(F)C1. The minimum absolute atomic E-state index is 0.0706. The Labute approximate surface area is 71.8 Å². The van der Waals surface area contributed by atoms with Gasteiger partial charge in [0.1, 0.15) is 0 Å². The maximum absolute atomic E-state index is 13.0. The minimum Gasteiger partial charge on any atom is -0.390 e. The summed E-state index contributed by atoms with van der Waals surface area (Å²) >= 11 is 0. The van der Waals surface area contributed by atoms with Crippen LogP contribution in [0.3, 0.4) is 0 Å². The Balaban J connectivity index is 2.70. The summed E-state index contributed by atoms with van der Waals surface area (Å²) in [4.78, 5) is 0. The molecule has 1 aliphatic carbocycles. The second-order valence-corrected chi connectivity index (χ2v) is 4.12. The van der Waals surface area contributed by atoms with E-state index in [-0.39, 0.29) is 18.8 Å². The standard InChI is InChI=1S/C9H16F2O/c1-3-8(12)4-7(2)5-9(10,11)6-8/h7,12H,3-6H2,1-2H3/t7-,8-/m0/s1. The van der Waals surface area contributed by atoms with E-state index in [0.717, 1.165) is 0 Å². The van der Waals surface area contributed by atoms with Crippen LogP contribution in [0, 0.1) is 5.92 Å². The maximum Gasteiger partial charge on any atom is 0.251 e. The van der Waals surface area contributed by atoms with Crippen molar-refractivity contribution in [2.45, 2.75) is 51.1 Å². The third kappa shape index (κ3) is 2.16. The van der Waals surface area contributed by atoms with E-state index in [2.05, 4.69) is 0 Å². The van der Waals surface area contributed by atoms with E-state index in [1.54, 1.807) is 13.8 Å². The van der Waals surface area contributed by atoms with Crippen LogP contribution in [0.4, 0.5) is 8.78 Å². The topological polar surface area (TPSA) is 20.2 Å². The lowest BCUT2D eigenvalue weighted by Gasteiger charge is -2.39. The van der Waals surface area contributed by atoms with Crippen molar-refractivity contribution >= 4 is 0 Å². The van der Waals surface area contributed by atoms with E-state index >= 15 is 0 Å². The Morgan fingerprint density at radius 1 is 1.42 bits per heavy atom. The molecule has 3 heteroatoms. The highest BCUT2D eigenvalue weighted by Gasteiger charge is 2.46. The Morgan fingerprint density at radius 2 is 2.00 bits per heavy atom. The summed E-state index contributed by atoms with van der Waals surface area (Å²) < 4.78 is 26.0. The first-order chi connectivity index (χ1) is 5.37. The van der Waals surface area contributed by atoms with Crippen LogP contribution >= 0.6 is 0 Å². The van der Waals surface area contributed by atoms with Crippen LogP contribution in [0.1, 0.15) is 39.5 Å². The van der Waals surface area contributed by atoms with Gasteiger partial charge in [-0.15, -0.1) is 0 Å². The second kappa shape index (κ2) is 2.95. The number of rotatable bonds is 1. The van der Waals surface area contributed by atoms with Gasteiger partial charge in [-0.25, -0.2) is 8.78 Å². The normalized spacial score (nSPS) is 41.2. The third-order valence-corrected chi connectivity index (χ3v) is 2.62. The molecular formula is C9H16F2O. The molecule has 1 fully saturated rings.